The quantitative estimate of drug-likeness (QED) is 0.840. The van der Waals surface area contributed by atoms with Crippen molar-refractivity contribution in [3.05, 3.63) is 23.3 Å². The molecule has 154 valence electrons. The molecular formula is C21H33N5O2. The molecule has 1 aromatic rings. The Labute approximate surface area is 167 Å². The summed E-state index contributed by atoms with van der Waals surface area (Å²) in [6, 6.07) is 0.222. The maximum Gasteiger partial charge on any atom is 0.254 e. The van der Waals surface area contributed by atoms with E-state index in [1.807, 2.05) is 6.92 Å². The zero-order valence-corrected chi connectivity index (χ0v) is 17.4. The van der Waals surface area contributed by atoms with Crippen LogP contribution in [0.3, 0.4) is 0 Å². The fourth-order valence-corrected chi connectivity index (χ4v) is 4.23. The van der Waals surface area contributed by atoms with E-state index in [1.165, 1.54) is 19.3 Å². The number of hydrogen-bond acceptors (Lipinski definition) is 5. The first kappa shape index (κ1) is 20.7. The molecular weight excluding hydrogens is 354 g/mol. The van der Waals surface area contributed by atoms with Gasteiger partial charge in [-0.25, -0.2) is 9.97 Å². The van der Waals surface area contributed by atoms with Gasteiger partial charge < -0.3 is 10.2 Å². The molecule has 0 spiro atoms. The minimum absolute atomic E-state index is 0.0218. The van der Waals surface area contributed by atoms with E-state index >= 15 is 0 Å². The third kappa shape index (κ3) is 5.07. The van der Waals surface area contributed by atoms with Gasteiger partial charge in [0.25, 0.3) is 5.91 Å². The molecule has 7 nitrogen and oxygen atoms in total. The summed E-state index contributed by atoms with van der Waals surface area (Å²) < 4.78 is 0. The molecule has 1 saturated carbocycles. The highest BCUT2D eigenvalue weighted by Crippen LogP contribution is 2.31. The van der Waals surface area contributed by atoms with Gasteiger partial charge >= 0.3 is 0 Å². The molecule has 1 aliphatic heterocycles. The SMILES string of the molecule is Cc1ncc(C(=O)NC2CCCCC2)c([C@@H]2CCCCN2CC(=O)N(C)C)n1. The van der Waals surface area contributed by atoms with Crippen molar-refractivity contribution in [3.8, 4) is 0 Å². The number of carbonyl (C=O) groups is 2. The maximum atomic E-state index is 13.0. The molecule has 1 N–H and O–H groups in total. The lowest BCUT2D eigenvalue weighted by atomic mass is 9.94. The van der Waals surface area contributed by atoms with Crippen LogP contribution in [0.2, 0.25) is 0 Å². The van der Waals surface area contributed by atoms with E-state index in [9.17, 15) is 9.59 Å². The van der Waals surface area contributed by atoms with Gasteiger partial charge in [0.2, 0.25) is 5.91 Å². The first-order chi connectivity index (χ1) is 13.5. The van der Waals surface area contributed by atoms with Crippen molar-refractivity contribution in [2.24, 2.45) is 0 Å². The van der Waals surface area contributed by atoms with Crippen molar-refractivity contribution in [1.29, 1.82) is 0 Å². The number of nitrogens with one attached hydrogen (secondary N) is 1. The van der Waals surface area contributed by atoms with Crippen molar-refractivity contribution in [2.75, 3.05) is 27.2 Å². The molecule has 2 heterocycles. The molecule has 1 aromatic heterocycles. The van der Waals surface area contributed by atoms with E-state index in [0.29, 0.717) is 17.9 Å². The monoisotopic (exact) mass is 387 g/mol. The molecule has 2 aliphatic rings. The number of piperidine rings is 1. The Kier molecular flexibility index (Phi) is 6.99. The van der Waals surface area contributed by atoms with Gasteiger partial charge in [-0.1, -0.05) is 25.7 Å². The number of nitrogens with zero attached hydrogens (tertiary/aromatic N) is 4. The average Bonchev–Trinajstić information content (AvgIpc) is 2.69. The topological polar surface area (TPSA) is 78.4 Å². The van der Waals surface area contributed by atoms with Gasteiger partial charge in [-0.15, -0.1) is 0 Å². The predicted molar refractivity (Wildman–Crippen MR) is 108 cm³/mol. The molecule has 1 saturated heterocycles. The van der Waals surface area contributed by atoms with Crippen molar-refractivity contribution < 1.29 is 9.59 Å². The summed E-state index contributed by atoms with van der Waals surface area (Å²) in [6.07, 6.45) is 10.4. The number of aromatic nitrogens is 2. The Morgan fingerprint density at radius 2 is 1.86 bits per heavy atom. The van der Waals surface area contributed by atoms with Crippen molar-refractivity contribution in [2.45, 2.75) is 70.4 Å². The second-order valence-electron chi connectivity index (χ2n) is 8.29. The standard InChI is InChI=1S/C21H33N5O2/c1-15-22-13-17(21(28)24-16-9-5-4-6-10-16)20(23-15)18-11-7-8-12-26(18)14-19(27)25(2)3/h13,16,18H,4-12,14H2,1-3H3,(H,24,28)/t18-/m0/s1. The van der Waals surface area contributed by atoms with Gasteiger partial charge in [-0.3, -0.25) is 14.5 Å². The molecule has 0 radical (unpaired) electrons. The third-order valence-corrected chi connectivity index (χ3v) is 5.89. The minimum Gasteiger partial charge on any atom is -0.349 e. The zero-order chi connectivity index (χ0) is 20.1. The number of hydrogen-bond donors (Lipinski definition) is 1. The Morgan fingerprint density at radius 3 is 2.57 bits per heavy atom. The lowest BCUT2D eigenvalue weighted by Crippen LogP contribution is -2.43. The van der Waals surface area contributed by atoms with E-state index in [0.717, 1.165) is 44.3 Å². The predicted octanol–water partition coefficient (Wildman–Crippen LogP) is 2.46. The van der Waals surface area contributed by atoms with Crippen LogP contribution in [0.5, 0.6) is 0 Å². The summed E-state index contributed by atoms with van der Waals surface area (Å²) >= 11 is 0. The highest BCUT2D eigenvalue weighted by Gasteiger charge is 2.31. The highest BCUT2D eigenvalue weighted by atomic mass is 16.2. The van der Waals surface area contributed by atoms with E-state index < -0.39 is 0 Å². The summed E-state index contributed by atoms with van der Waals surface area (Å²) in [5, 5.41) is 3.20. The van der Waals surface area contributed by atoms with Crippen LogP contribution in [0.25, 0.3) is 0 Å². The molecule has 7 heteroatoms. The van der Waals surface area contributed by atoms with Gasteiger partial charge in [-0.05, 0) is 39.2 Å². The molecule has 0 bridgehead atoms. The Morgan fingerprint density at radius 1 is 1.14 bits per heavy atom. The maximum absolute atomic E-state index is 13.0. The fraction of sp³-hybridized carbons (Fsp3) is 0.714. The smallest absolute Gasteiger partial charge is 0.254 e. The lowest BCUT2D eigenvalue weighted by Gasteiger charge is -2.36. The number of carbonyl (C=O) groups excluding carboxylic acids is 2. The Bertz CT molecular complexity index is 700. The van der Waals surface area contributed by atoms with Crippen molar-refractivity contribution >= 4 is 11.8 Å². The van der Waals surface area contributed by atoms with Gasteiger partial charge in [0.1, 0.15) is 5.82 Å². The zero-order valence-electron chi connectivity index (χ0n) is 17.4. The number of rotatable bonds is 5. The largest absolute Gasteiger partial charge is 0.349 e. The first-order valence-corrected chi connectivity index (χ1v) is 10.5. The number of aryl methyl sites for hydroxylation is 1. The van der Waals surface area contributed by atoms with E-state index in [2.05, 4.69) is 20.2 Å². The highest BCUT2D eigenvalue weighted by molar-refractivity contribution is 5.95. The average molecular weight is 388 g/mol. The van der Waals surface area contributed by atoms with Crippen LogP contribution in [-0.4, -0.2) is 64.8 Å². The molecule has 1 atom stereocenters. The Balaban J connectivity index is 1.83. The van der Waals surface area contributed by atoms with Crippen molar-refractivity contribution in [1.82, 2.24) is 25.1 Å². The van der Waals surface area contributed by atoms with Crippen LogP contribution in [-0.2, 0) is 4.79 Å². The van der Waals surface area contributed by atoms with Crippen LogP contribution in [0.4, 0.5) is 0 Å². The number of likely N-dealkylation sites (tertiary alicyclic amines) is 1. The van der Waals surface area contributed by atoms with E-state index in [4.69, 9.17) is 0 Å². The lowest BCUT2D eigenvalue weighted by molar-refractivity contribution is -0.130. The van der Waals surface area contributed by atoms with Crippen LogP contribution in [0.15, 0.2) is 6.20 Å². The normalized spacial score (nSPS) is 21.3. The van der Waals surface area contributed by atoms with Gasteiger partial charge in [0.05, 0.1) is 23.8 Å². The van der Waals surface area contributed by atoms with Crippen LogP contribution in [0.1, 0.15) is 79.3 Å². The summed E-state index contributed by atoms with van der Waals surface area (Å²) in [5.41, 5.74) is 1.33. The van der Waals surface area contributed by atoms with Gasteiger partial charge in [0, 0.05) is 26.3 Å². The molecule has 2 fully saturated rings. The fourth-order valence-electron chi connectivity index (χ4n) is 4.23. The Hall–Kier alpha value is -2.02. The summed E-state index contributed by atoms with van der Waals surface area (Å²) in [4.78, 5) is 38.1. The van der Waals surface area contributed by atoms with Crippen LogP contribution >= 0.6 is 0 Å². The second-order valence-corrected chi connectivity index (χ2v) is 8.29. The van der Waals surface area contributed by atoms with E-state index in [-0.39, 0.29) is 23.9 Å². The first-order valence-electron chi connectivity index (χ1n) is 10.5. The van der Waals surface area contributed by atoms with Crippen molar-refractivity contribution in [3.63, 3.8) is 0 Å². The molecule has 2 amide bonds. The number of amides is 2. The summed E-state index contributed by atoms with van der Waals surface area (Å²) in [7, 11) is 3.55. The van der Waals surface area contributed by atoms with Gasteiger partial charge in [-0.2, -0.15) is 0 Å². The minimum atomic E-state index is -0.0774. The molecule has 1 aliphatic carbocycles. The molecule has 3 rings (SSSR count). The second kappa shape index (κ2) is 9.45. The summed E-state index contributed by atoms with van der Waals surface area (Å²) in [6.45, 7) is 3.05. The van der Waals surface area contributed by atoms with E-state index in [1.54, 1.807) is 25.2 Å². The summed E-state index contributed by atoms with van der Waals surface area (Å²) in [5.74, 6) is 0.658. The molecule has 0 unspecified atom stereocenters. The molecule has 28 heavy (non-hydrogen) atoms. The van der Waals surface area contributed by atoms with Gasteiger partial charge in [0.15, 0.2) is 0 Å². The van der Waals surface area contributed by atoms with Crippen LogP contribution < -0.4 is 5.32 Å². The van der Waals surface area contributed by atoms with Crippen LogP contribution in [0, 0.1) is 6.92 Å². The third-order valence-electron chi connectivity index (χ3n) is 5.89. The molecule has 0 aromatic carbocycles. The number of likely N-dealkylation sites (N-methyl/N-ethyl adjacent to an activating group) is 1.